The van der Waals surface area contributed by atoms with Crippen LogP contribution in [0.1, 0.15) is 88.0 Å². The van der Waals surface area contributed by atoms with E-state index in [-0.39, 0.29) is 31.1 Å². The smallest absolute Gasteiger partial charge is 0.341 e. The molecule has 0 aromatic rings. The van der Waals surface area contributed by atoms with Gasteiger partial charge in [-0.05, 0) is 56.8 Å². The van der Waals surface area contributed by atoms with E-state index in [4.69, 9.17) is 23.7 Å². The number of aliphatic hydroxyl groups is 3. The largest absolute Gasteiger partial charge is 0.462 e. The second-order valence-electron chi connectivity index (χ2n) is 18.7. The number of ether oxygens (including phenoxy) is 5. The molecule has 19 atom stereocenters. The zero-order chi connectivity index (χ0) is 37.3. The first-order chi connectivity index (χ1) is 23.5. The lowest BCUT2D eigenvalue weighted by Crippen LogP contribution is -2.70. The molecule has 8 rings (SSSR count). The highest BCUT2D eigenvalue weighted by atomic mass is 16.8. The van der Waals surface area contributed by atoms with Crippen molar-refractivity contribution in [2.24, 2.45) is 69.5 Å². The van der Waals surface area contributed by atoms with Crippen LogP contribution in [0.2, 0.25) is 0 Å². The Balaban J connectivity index is 1.36. The summed E-state index contributed by atoms with van der Waals surface area (Å²) in [5.74, 6) is -9.73. The Morgan fingerprint density at radius 2 is 1.55 bits per heavy atom. The van der Waals surface area contributed by atoms with Gasteiger partial charge in [0.1, 0.15) is 30.5 Å². The highest BCUT2D eigenvalue weighted by molar-refractivity contribution is 5.88. The van der Waals surface area contributed by atoms with E-state index in [0.717, 1.165) is 0 Å². The van der Waals surface area contributed by atoms with Crippen LogP contribution in [0, 0.1) is 69.5 Å². The van der Waals surface area contributed by atoms with Crippen LogP contribution in [0.15, 0.2) is 0 Å². The Morgan fingerprint density at radius 3 is 2.16 bits per heavy atom. The summed E-state index contributed by atoms with van der Waals surface area (Å²) in [5, 5.41) is 35.8. The van der Waals surface area contributed by atoms with Crippen LogP contribution >= 0.6 is 0 Å². The highest BCUT2D eigenvalue weighted by Crippen LogP contribution is 2.81. The Hall–Kier alpha value is -2.61. The molecule has 2 aliphatic heterocycles. The number of hydrogen-bond donors (Lipinski definition) is 3. The minimum Gasteiger partial charge on any atom is -0.462 e. The van der Waals surface area contributed by atoms with Crippen LogP contribution in [0.3, 0.4) is 0 Å². The molecule has 2 heterocycles. The fourth-order valence-electron chi connectivity index (χ4n) is 13.6. The zero-order valence-corrected chi connectivity index (χ0v) is 30.8. The lowest BCUT2D eigenvalue weighted by molar-refractivity contribution is -0.243. The second-order valence-corrected chi connectivity index (χ2v) is 18.7. The number of carbonyl (C=O) groups is 5. The average Bonchev–Trinajstić information content (AvgIpc) is 3.88. The molecule has 8 fully saturated rings. The maximum atomic E-state index is 14.6. The molecule has 51 heavy (non-hydrogen) atoms. The van der Waals surface area contributed by atoms with Crippen LogP contribution in [0.5, 0.6) is 0 Å². The number of hydrogen-bond acceptors (Lipinski definition) is 13. The molecule has 0 unspecified atom stereocenters. The van der Waals surface area contributed by atoms with E-state index in [1.165, 1.54) is 20.8 Å². The molecule has 0 bridgehead atoms. The molecule has 13 nitrogen and oxygen atoms in total. The van der Waals surface area contributed by atoms with Gasteiger partial charge in [-0.2, -0.15) is 0 Å². The van der Waals surface area contributed by atoms with Crippen LogP contribution < -0.4 is 0 Å². The number of aliphatic hydroxyl groups excluding tert-OH is 1. The summed E-state index contributed by atoms with van der Waals surface area (Å²) >= 11 is 0. The third-order valence-electron chi connectivity index (χ3n) is 15.9. The molecule has 6 saturated carbocycles. The molecule has 0 aromatic heterocycles. The maximum Gasteiger partial charge on any atom is 0.341 e. The number of rotatable bonds is 5. The first kappa shape index (κ1) is 35.4. The first-order valence-corrected chi connectivity index (χ1v) is 18.7. The molecule has 13 heteroatoms. The topological polar surface area (TPSA) is 195 Å². The van der Waals surface area contributed by atoms with Gasteiger partial charge in [-0.15, -0.1) is 0 Å². The predicted molar refractivity (Wildman–Crippen MR) is 172 cm³/mol. The summed E-state index contributed by atoms with van der Waals surface area (Å²) in [6.45, 7) is 15.3. The Bertz CT molecular complexity index is 1620. The van der Waals surface area contributed by atoms with Crippen LogP contribution in [0.4, 0.5) is 0 Å². The van der Waals surface area contributed by atoms with E-state index in [9.17, 15) is 39.3 Å². The quantitative estimate of drug-likeness (QED) is 0.213. The summed E-state index contributed by atoms with van der Waals surface area (Å²) in [6.07, 6.45) is -4.24. The van der Waals surface area contributed by atoms with Gasteiger partial charge in [0.05, 0.1) is 11.0 Å². The van der Waals surface area contributed by atoms with E-state index in [1.807, 2.05) is 34.6 Å². The highest BCUT2D eigenvalue weighted by Gasteiger charge is 2.93. The standard InChI is InChI=1S/C38H52O13/c1-14(2)10-22(41)49-29-25-23-18(33(6)19(27(42)28(23)43)12-37(46)13-20(37)31(33)48-17(5)40)11-21(47-16(4)39)34(25,7)24-15(3)30-38(50-30)35(8,26(24)29)36(9,45)32(44)51-38/h14-15,18-21,23-26,28-31,43,45-46H,10-13H2,1-9H3/t15-,18-,19+,20+,21-,23+,24-,25+,26-,28+,29+,30+,31-,33+,34+,35-,36+,37+,38-/m0/s1. The molecule has 282 valence electrons. The Morgan fingerprint density at radius 1 is 0.902 bits per heavy atom. The van der Waals surface area contributed by atoms with Crippen LogP contribution in [-0.4, -0.2) is 92.5 Å². The van der Waals surface area contributed by atoms with Gasteiger partial charge < -0.3 is 39.0 Å². The van der Waals surface area contributed by atoms with Gasteiger partial charge in [0.15, 0.2) is 11.4 Å². The molecule has 0 aromatic carbocycles. The normalized spacial score (nSPS) is 56.9. The van der Waals surface area contributed by atoms with Gasteiger partial charge in [0.2, 0.25) is 5.79 Å². The lowest BCUT2D eigenvalue weighted by atomic mass is 9.41. The van der Waals surface area contributed by atoms with Gasteiger partial charge in [-0.25, -0.2) is 4.79 Å². The van der Waals surface area contributed by atoms with Crippen molar-refractivity contribution in [3.8, 4) is 0 Å². The third kappa shape index (κ3) is 4.04. The van der Waals surface area contributed by atoms with Crippen molar-refractivity contribution in [3.63, 3.8) is 0 Å². The molecule has 0 amide bonds. The van der Waals surface area contributed by atoms with Gasteiger partial charge in [0, 0.05) is 60.7 Å². The third-order valence-corrected chi connectivity index (χ3v) is 15.9. The van der Waals surface area contributed by atoms with Crippen molar-refractivity contribution >= 4 is 29.7 Å². The summed E-state index contributed by atoms with van der Waals surface area (Å²) in [5.41, 5.74) is -6.89. The van der Waals surface area contributed by atoms with Crippen molar-refractivity contribution in [2.45, 2.75) is 136 Å². The van der Waals surface area contributed by atoms with E-state index < -0.39 is 135 Å². The molecule has 3 N–H and O–H groups in total. The SMILES string of the molecule is CC(=O)O[C@H]1C[C@H]2[C@H]([C@@H]3[C@@H](OC(=O)CC(C)C)[C@@H]4[C@H]([C@H](C)[C@H]5O[C@]56OC(=O)[C@@](C)(O)[C@]46C)[C@]31C)[C@@H](O)C(=O)[C@H]1C[C@@]3(O)C[C@@H]3[C@H](OC(C)=O)[C@@]12C. The fourth-order valence-corrected chi connectivity index (χ4v) is 13.6. The Labute approximate surface area is 297 Å². The number of epoxide rings is 1. The fraction of sp³-hybridized carbons (Fsp3) is 0.868. The summed E-state index contributed by atoms with van der Waals surface area (Å²) in [4.78, 5) is 67.6. The molecule has 6 aliphatic carbocycles. The predicted octanol–water partition coefficient (Wildman–Crippen LogP) is 2.09. The molecular weight excluding hydrogens is 664 g/mol. The second kappa shape index (κ2) is 10.3. The van der Waals surface area contributed by atoms with E-state index in [2.05, 4.69) is 0 Å². The van der Waals surface area contributed by atoms with Crippen molar-refractivity contribution in [1.29, 1.82) is 0 Å². The summed E-state index contributed by atoms with van der Waals surface area (Å²) in [7, 11) is 0. The number of esters is 4. The van der Waals surface area contributed by atoms with Crippen molar-refractivity contribution in [2.75, 3.05) is 0 Å². The van der Waals surface area contributed by atoms with E-state index >= 15 is 0 Å². The van der Waals surface area contributed by atoms with Crippen molar-refractivity contribution in [3.05, 3.63) is 0 Å². The monoisotopic (exact) mass is 716 g/mol. The molecule has 0 radical (unpaired) electrons. The number of ketones is 1. The maximum absolute atomic E-state index is 14.6. The van der Waals surface area contributed by atoms with Gasteiger partial charge in [-0.1, -0.05) is 34.6 Å². The van der Waals surface area contributed by atoms with Gasteiger partial charge in [-0.3, -0.25) is 19.2 Å². The number of carbonyl (C=O) groups excluding carboxylic acids is 5. The minimum absolute atomic E-state index is 0.0667. The number of Topliss-reactive ketones (excluding diaryl/α,β-unsaturated/α-hetero) is 1. The van der Waals surface area contributed by atoms with Gasteiger partial charge in [0.25, 0.3) is 0 Å². The number of fused-ring (bicyclic) bond motifs is 9. The molecule has 2 saturated heterocycles. The van der Waals surface area contributed by atoms with Crippen LogP contribution in [-0.2, 0) is 47.7 Å². The summed E-state index contributed by atoms with van der Waals surface area (Å²) in [6, 6.07) is 0. The zero-order valence-electron chi connectivity index (χ0n) is 30.8. The van der Waals surface area contributed by atoms with Gasteiger partial charge >= 0.3 is 23.9 Å². The average molecular weight is 717 g/mol. The van der Waals surface area contributed by atoms with E-state index in [1.54, 1.807) is 6.92 Å². The summed E-state index contributed by atoms with van der Waals surface area (Å²) < 4.78 is 31.1. The van der Waals surface area contributed by atoms with Crippen molar-refractivity contribution < 1.29 is 63.0 Å². The molecule has 1 spiro atoms. The lowest BCUT2D eigenvalue weighted by Gasteiger charge is -2.64. The van der Waals surface area contributed by atoms with Crippen molar-refractivity contribution in [1.82, 2.24) is 0 Å². The van der Waals surface area contributed by atoms with E-state index in [0.29, 0.717) is 6.42 Å². The molecular formula is C38H52O13. The first-order valence-electron chi connectivity index (χ1n) is 18.7. The minimum atomic E-state index is -2.08. The molecule has 8 aliphatic rings. The Kier molecular flexibility index (Phi) is 7.17. The van der Waals surface area contributed by atoms with Crippen LogP contribution in [0.25, 0.3) is 0 Å².